The van der Waals surface area contributed by atoms with Crippen LogP contribution in [0.25, 0.3) is 11.4 Å². The van der Waals surface area contributed by atoms with Gasteiger partial charge in [-0.1, -0.05) is 11.8 Å². The van der Waals surface area contributed by atoms with Crippen molar-refractivity contribution in [3.63, 3.8) is 0 Å². The fourth-order valence-corrected chi connectivity index (χ4v) is 3.73. The zero-order valence-electron chi connectivity index (χ0n) is 18.9. The summed E-state index contributed by atoms with van der Waals surface area (Å²) in [6.07, 6.45) is 0. The Bertz CT molecular complexity index is 1140. The highest BCUT2D eigenvalue weighted by Crippen LogP contribution is 2.25. The van der Waals surface area contributed by atoms with Gasteiger partial charge in [-0.05, 0) is 67.9 Å². The lowest BCUT2D eigenvalue weighted by atomic mass is 10.1. The van der Waals surface area contributed by atoms with Crippen LogP contribution in [0.5, 0.6) is 11.5 Å². The molecule has 0 aliphatic heterocycles. The van der Waals surface area contributed by atoms with E-state index in [1.165, 1.54) is 18.7 Å². The third-order valence-corrected chi connectivity index (χ3v) is 5.56. The van der Waals surface area contributed by atoms with E-state index in [0.29, 0.717) is 23.2 Å². The van der Waals surface area contributed by atoms with E-state index in [9.17, 15) is 9.59 Å². The van der Waals surface area contributed by atoms with Crippen molar-refractivity contribution in [1.29, 1.82) is 0 Å². The predicted molar refractivity (Wildman–Crippen MR) is 127 cm³/mol. The number of benzene rings is 2. The van der Waals surface area contributed by atoms with Crippen molar-refractivity contribution < 1.29 is 19.1 Å². The third kappa shape index (κ3) is 6.42. The van der Waals surface area contributed by atoms with Gasteiger partial charge in [-0.15, -0.1) is 10.2 Å². The highest BCUT2D eigenvalue weighted by atomic mass is 32.2. The van der Waals surface area contributed by atoms with E-state index in [0.717, 1.165) is 22.7 Å². The summed E-state index contributed by atoms with van der Waals surface area (Å²) >= 11 is 1.29. The van der Waals surface area contributed by atoms with Crippen molar-refractivity contribution in [2.75, 3.05) is 12.9 Å². The van der Waals surface area contributed by atoms with Crippen LogP contribution in [0, 0.1) is 0 Å². The zero-order valence-corrected chi connectivity index (χ0v) is 19.7. The van der Waals surface area contributed by atoms with E-state index in [4.69, 9.17) is 9.47 Å². The molecule has 0 unspecified atom stereocenters. The van der Waals surface area contributed by atoms with Crippen LogP contribution >= 0.6 is 11.8 Å². The van der Waals surface area contributed by atoms with Crippen molar-refractivity contribution in [1.82, 2.24) is 20.2 Å². The van der Waals surface area contributed by atoms with Crippen LogP contribution in [0.2, 0.25) is 0 Å². The molecule has 1 aromatic heterocycles. The molecule has 0 aliphatic rings. The van der Waals surface area contributed by atoms with Gasteiger partial charge >= 0.3 is 5.97 Å². The van der Waals surface area contributed by atoms with Crippen molar-refractivity contribution >= 4 is 29.4 Å². The molecule has 2 aromatic carbocycles. The average molecular weight is 468 g/mol. The molecule has 1 amide bonds. The summed E-state index contributed by atoms with van der Waals surface area (Å²) in [4.78, 5) is 23.3. The van der Waals surface area contributed by atoms with Gasteiger partial charge < -0.3 is 14.0 Å². The standard InChI is InChI=1S/C23H25N5O4S/c1-5-28-22(18-8-10-19(31-4)11-9-18)26-27-23(28)33-14-21(30)25-24-15(2)17-6-12-20(13-7-17)32-16(3)29/h6-13H,5,14H2,1-4H3,(H,25,30)/b24-15-. The van der Waals surface area contributed by atoms with Crippen LogP contribution in [-0.2, 0) is 16.1 Å². The molecule has 3 aromatic rings. The lowest BCUT2D eigenvalue weighted by molar-refractivity contribution is -0.131. The largest absolute Gasteiger partial charge is 0.497 e. The highest BCUT2D eigenvalue weighted by molar-refractivity contribution is 7.99. The number of carbonyl (C=O) groups is 2. The summed E-state index contributed by atoms with van der Waals surface area (Å²) in [6, 6.07) is 14.5. The second-order valence-electron chi connectivity index (χ2n) is 6.92. The number of aromatic nitrogens is 3. The Hall–Kier alpha value is -3.66. The number of amides is 1. The predicted octanol–water partition coefficient (Wildman–Crippen LogP) is 3.53. The van der Waals surface area contributed by atoms with Crippen LogP contribution in [0.15, 0.2) is 58.8 Å². The van der Waals surface area contributed by atoms with Crippen molar-refractivity contribution in [2.45, 2.75) is 32.5 Å². The number of nitrogens with one attached hydrogen (secondary N) is 1. The SMILES string of the molecule is CCn1c(SCC(=O)N/N=C(/C)c2ccc(OC(C)=O)cc2)nnc1-c1ccc(OC)cc1. The van der Waals surface area contributed by atoms with Crippen molar-refractivity contribution in [2.24, 2.45) is 5.10 Å². The molecule has 0 fully saturated rings. The van der Waals surface area contributed by atoms with Crippen molar-refractivity contribution in [3.05, 3.63) is 54.1 Å². The van der Waals surface area contributed by atoms with E-state index in [2.05, 4.69) is 20.7 Å². The molecular formula is C23H25N5O4S. The first-order valence-electron chi connectivity index (χ1n) is 10.2. The molecule has 1 heterocycles. The first-order chi connectivity index (χ1) is 15.9. The highest BCUT2D eigenvalue weighted by Gasteiger charge is 2.14. The normalized spacial score (nSPS) is 11.2. The topological polar surface area (TPSA) is 108 Å². The number of thioether (sulfide) groups is 1. The fraction of sp³-hybridized carbons (Fsp3) is 0.261. The molecule has 0 radical (unpaired) electrons. The molecule has 3 rings (SSSR count). The van der Waals surface area contributed by atoms with E-state index in [1.54, 1.807) is 38.3 Å². The van der Waals surface area contributed by atoms with Crippen LogP contribution < -0.4 is 14.9 Å². The summed E-state index contributed by atoms with van der Waals surface area (Å²) in [5.41, 5.74) is 4.90. The van der Waals surface area contributed by atoms with Gasteiger partial charge in [0, 0.05) is 19.0 Å². The van der Waals surface area contributed by atoms with Gasteiger partial charge in [-0.25, -0.2) is 5.43 Å². The fourth-order valence-electron chi connectivity index (χ4n) is 2.94. The van der Waals surface area contributed by atoms with Gasteiger partial charge in [0.1, 0.15) is 11.5 Å². The van der Waals surface area contributed by atoms with Crippen LogP contribution in [-0.4, -0.2) is 45.2 Å². The van der Waals surface area contributed by atoms with Gasteiger partial charge in [0.25, 0.3) is 5.91 Å². The average Bonchev–Trinajstić information content (AvgIpc) is 3.24. The van der Waals surface area contributed by atoms with E-state index in [1.807, 2.05) is 35.8 Å². The Morgan fingerprint density at radius 3 is 2.30 bits per heavy atom. The molecule has 172 valence electrons. The number of hydrazone groups is 1. The lowest BCUT2D eigenvalue weighted by Crippen LogP contribution is -2.21. The maximum atomic E-state index is 12.3. The smallest absolute Gasteiger partial charge is 0.308 e. The Morgan fingerprint density at radius 2 is 1.70 bits per heavy atom. The van der Waals surface area contributed by atoms with Crippen LogP contribution in [0.3, 0.4) is 0 Å². The number of nitrogens with zero attached hydrogens (tertiary/aromatic N) is 4. The minimum Gasteiger partial charge on any atom is -0.497 e. The summed E-state index contributed by atoms with van der Waals surface area (Å²) < 4.78 is 12.2. The summed E-state index contributed by atoms with van der Waals surface area (Å²) in [5.74, 6) is 1.45. The number of esters is 1. The molecule has 0 saturated heterocycles. The Morgan fingerprint density at radius 1 is 1.03 bits per heavy atom. The maximum Gasteiger partial charge on any atom is 0.308 e. The second-order valence-corrected chi connectivity index (χ2v) is 7.86. The molecule has 10 heteroatoms. The van der Waals surface area contributed by atoms with Gasteiger partial charge in [-0.3, -0.25) is 9.59 Å². The summed E-state index contributed by atoms with van der Waals surface area (Å²) in [5, 5.41) is 13.3. The van der Waals surface area contributed by atoms with E-state index in [-0.39, 0.29) is 17.6 Å². The van der Waals surface area contributed by atoms with Crippen molar-refractivity contribution in [3.8, 4) is 22.9 Å². The Balaban J connectivity index is 1.59. The molecular weight excluding hydrogens is 442 g/mol. The molecule has 0 atom stereocenters. The first kappa shape index (κ1) is 24.0. The quantitative estimate of drug-likeness (QED) is 0.169. The van der Waals surface area contributed by atoms with E-state index < -0.39 is 0 Å². The molecule has 0 aliphatic carbocycles. The summed E-state index contributed by atoms with van der Waals surface area (Å²) in [6.45, 7) is 5.79. The Kier molecular flexibility index (Phi) is 8.20. The number of ether oxygens (including phenoxy) is 2. The third-order valence-electron chi connectivity index (χ3n) is 4.60. The van der Waals surface area contributed by atoms with Crippen LogP contribution in [0.1, 0.15) is 26.3 Å². The molecule has 9 nitrogen and oxygen atoms in total. The molecule has 0 spiro atoms. The molecule has 0 bridgehead atoms. The number of rotatable bonds is 9. The minimum absolute atomic E-state index is 0.142. The lowest BCUT2D eigenvalue weighted by Gasteiger charge is -2.08. The Labute approximate surface area is 196 Å². The molecule has 0 saturated carbocycles. The van der Waals surface area contributed by atoms with E-state index >= 15 is 0 Å². The number of hydrogen-bond donors (Lipinski definition) is 1. The minimum atomic E-state index is -0.382. The van der Waals surface area contributed by atoms with Gasteiger partial charge in [0.05, 0.1) is 18.6 Å². The second kappa shape index (κ2) is 11.3. The number of methoxy groups -OCH3 is 1. The molecule has 33 heavy (non-hydrogen) atoms. The van der Waals surface area contributed by atoms with Gasteiger partial charge in [-0.2, -0.15) is 5.10 Å². The summed E-state index contributed by atoms with van der Waals surface area (Å²) in [7, 11) is 1.62. The monoisotopic (exact) mass is 467 g/mol. The maximum absolute atomic E-state index is 12.3. The molecule has 1 N–H and O–H groups in total. The van der Waals surface area contributed by atoms with Crippen LogP contribution in [0.4, 0.5) is 0 Å². The van der Waals surface area contributed by atoms with Gasteiger partial charge in [0.15, 0.2) is 11.0 Å². The number of hydrogen-bond acceptors (Lipinski definition) is 8. The van der Waals surface area contributed by atoms with Gasteiger partial charge in [0.2, 0.25) is 0 Å². The zero-order chi connectivity index (χ0) is 23.8. The first-order valence-corrected chi connectivity index (χ1v) is 11.2. The number of carbonyl (C=O) groups excluding carboxylic acids is 2.